The monoisotopic (exact) mass is 324 g/mol. The van der Waals surface area contributed by atoms with E-state index in [1.807, 2.05) is 35.7 Å². The molecule has 0 fully saturated rings. The van der Waals surface area contributed by atoms with Crippen LogP contribution >= 0.6 is 11.3 Å². The minimum atomic E-state index is -0.470. The molecule has 3 rings (SSSR count). The van der Waals surface area contributed by atoms with Gasteiger partial charge in [0.15, 0.2) is 0 Å². The van der Waals surface area contributed by atoms with Gasteiger partial charge in [0.1, 0.15) is 23.1 Å². The Morgan fingerprint density at radius 3 is 2.70 bits per heavy atom. The molecule has 0 unspecified atom stereocenters. The Balaban J connectivity index is 2.00. The molecule has 2 N–H and O–H groups in total. The van der Waals surface area contributed by atoms with E-state index in [2.05, 4.69) is 15.3 Å². The largest absolute Gasteiger partial charge is 0.497 e. The highest BCUT2D eigenvalue weighted by Gasteiger charge is 2.14. The number of hydrogen-bond donors (Lipinski definition) is 2. The molecule has 0 aliphatic heterocycles. The number of rotatable bonds is 4. The highest BCUT2D eigenvalue weighted by molar-refractivity contribution is 7.13. The van der Waals surface area contributed by atoms with Crippen LogP contribution in [0.2, 0.25) is 0 Å². The van der Waals surface area contributed by atoms with E-state index in [-0.39, 0.29) is 11.5 Å². The molecular weight excluding hydrogens is 312 g/mol. The summed E-state index contributed by atoms with van der Waals surface area (Å²) in [6, 6.07) is 12.8. The fourth-order valence-electron chi connectivity index (χ4n) is 2.04. The molecule has 0 bridgehead atoms. The molecule has 0 aliphatic rings. The molecule has 0 aliphatic carbocycles. The lowest BCUT2D eigenvalue weighted by Gasteiger charge is -2.08. The van der Waals surface area contributed by atoms with Crippen LogP contribution in [0.5, 0.6) is 5.75 Å². The second kappa shape index (κ2) is 6.34. The maximum Gasteiger partial charge on any atom is 0.270 e. The van der Waals surface area contributed by atoms with E-state index in [0.717, 1.165) is 16.3 Å². The zero-order valence-electron chi connectivity index (χ0n) is 12.2. The van der Waals surface area contributed by atoms with E-state index < -0.39 is 5.56 Å². The SMILES string of the molecule is COc1ccc(Nc2nc(-c3cccs3)c(C#N)c(=O)[nH]2)cc1. The van der Waals surface area contributed by atoms with E-state index in [1.54, 1.807) is 19.2 Å². The number of nitrogens with one attached hydrogen (secondary N) is 2. The molecule has 23 heavy (non-hydrogen) atoms. The van der Waals surface area contributed by atoms with Crippen molar-refractivity contribution in [3.05, 3.63) is 57.7 Å². The number of nitriles is 1. The molecule has 0 atom stereocenters. The van der Waals surface area contributed by atoms with Crippen molar-refractivity contribution in [2.75, 3.05) is 12.4 Å². The van der Waals surface area contributed by atoms with Gasteiger partial charge < -0.3 is 10.1 Å². The van der Waals surface area contributed by atoms with Gasteiger partial charge in [-0.3, -0.25) is 9.78 Å². The summed E-state index contributed by atoms with van der Waals surface area (Å²) in [5, 5.41) is 14.1. The van der Waals surface area contributed by atoms with E-state index in [0.29, 0.717) is 5.69 Å². The van der Waals surface area contributed by atoms with Gasteiger partial charge in [0.2, 0.25) is 5.95 Å². The number of anilines is 2. The molecule has 2 heterocycles. The minimum Gasteiger partial charge on any atom is -0.497 e. The first kappa shape index (κ1) is 14.8. The molecule has 3 aromatic rings. The average Bonchev–Trinajstić information content (AvgIpc) is 3.09. The highest BCUT2D eigenvalue weighted by atomic mass is 32.1. The van der Waals surface area contributed by atoms with Crippen molar-refractivity contribution in [3.8, 4) is 22.4 Å². The van der Waals surface area contributed by atoms with Gasteiger partial charge in [0.05, 0.1) is 12.0 Å². The van der Waals surface area contributed by atoms with Crippen molar-refractivity contribution in [2.24, 2.45) is 0 Å². The Labute approximate surface area is 136 Å². The lowest BCUT2D eigenvalue weighted by atomic mass is 10.2. The average molecular weight is 324 g/mol. The molecule has 0 amide bonds. The number of nitrogens with zero attached hydrogens (tertiary/aromatic N) is 2. The molecule has 1 aromatic carbocycles. The van der Waals surface area contributed by atoms with E-state index in [9.17, 15) is 10.1 Å². The van der Waals surface area contributed by atoms with Gasteiger partial charge in [-0.05, 0) is 35.7 Å². The lowest BCUT2D eigenvalue weighted by Crippen LogP contribution is -2.15. The molecule has 6 nitrogen and oxygen atoms in total. The molecule has 2 aromatic heterocycles. The molecule has 0 radical (unpaired) electrons. The van der Waals surface area contributed by atoms with Crippen molar-refractivity contribution >= 4 is 23.0 Å². The van der Waals surface area contributed by atoms with Crippen molar-refractivity contribution in [3.63, 3.8) is 0 Å². The number of thiophene rings is 1. The van der Waals surface area contributed by atoms with Crippen LogP contribution in [0.1, 0.15) is 5.56 Å². The van der Waals surface area contributed by atoms with E-state index in [4.69, 9.17) is 4.74 Å². The number of benzene rings is 1. The second-order valence-corrected chi connectivity index (χ2v) is 5.53. The van der Waals surface area contributed by atoms with Crippen LogP contribution < -0.4 is 15.6 Å². The third kappa shape index (κ3) is 3.07. The standard InChI is InChI=1S/C16H12N4O2S/c1-22-11-6-4-10(5-7-11)18-16-19-14(13-3-2-8-23-13)12(9-17)15(21)20-16/h2-8H,1H3,(H2,18,19,20,21). The fraction of sp³-hybridized carbons (Fsp3) is 0.0625. The van der Waals surface area contributed by atoms with Crippen LogP contribution in [0.4, 0.5) is 11.6 Å². The topological polar surface area (TPSA) is 90.8 Å². The van der Waals surface area contributed by atoms with Crippen molar-refractivity contribution in [1.82, 2.24) is 9.97 Å². The zero-order chi connectivity index (χ0) is 16.2. The summed E-state index contributed by atoms with van der Waals surface area (Å²) in [4.78, 5) is 19.8. The van der Waals surface area contributed by atoms with E-state index in [1.165, 1.54) is 11.3 Å². The quantitative estimate of drug-likeness (QED) is 0.769. The van der Waals surface area contributed by atoms with Crippen LogP contribution in [-0.4, -0.2) is 17.1 Å². The van der Waals surface area contributed by atoms with Crippen molar-refractivity contribution in [1.29, 1.82) is 5.26 Å². The maximum absolute atomic E-state index is 12.1. The zero-order valence-corrected chi connectivity index (χ0v) is 13.0. The third-order valence-corrected chi connectivity index (χ3v) is 4.02. The predicted octanol–water partition coefficient (Wildman–Crippen LogP) is 3.12. The number of methoxy groups -OCH3 is 1. The van der Waals surface area contributed by atoms with Crippen LogP contribution in [-0.2, 0) is 0 Å². The summed E-state index contributed by atoms with van der Waals surface area (Å²) in [7, 11) is 1.59. The van der Waals surface area contributed by atoms with Gasteiger partial charge in [-0.2, -0.15) is 5.26 Å². The van der Waals surface area contributed by atoms with Gasteiger partial charge >= 0.3 is 0 Å². The Morgan fingerprint density at radius 1 is 1.30 bits per heavy atom. The van der Waals surface area contributed by atoms with Crippen LogP contribution in [0.25, 0.3) is 10.6 Å². The summed E-state index contributed by atoms with van der Waals surface area (Å²) >= 11 is 1.42. The van der Waals surface area contributed by atoms with Crippen LogP contribution in [0.3, 0.4) is 0 Å². The van der Waals surface area contributed by atoms with Gasteiger partial charge in [-0.15, -0.1) is 11.3 Å². The molecule has 114 valence electrons. The first-order chi connectivity index (χ1) is 11.2. The molecule has 7 heteroatoms. The number of H-pyrrole nitrogens is 1. The molecular formula is C16H12N4O2S. The Kier molecular flexibility index (Phi) is 4.08. The van der Waals surface area contributed by atoms with Crippen molar-refractivity contribution < 1.29 is 4.74 Å². The lowest BCUT2D eigenvalue weighted by molar-refractivity contribution is 0.415. The summed E-state index contributed by atoms with van der Waals surface area (Å²) in [5.41, 5.74) is 0.660. The van der Waals surface area contributed by atoms with Gasteiger partial charge in [0.25, 0.3) is 5.56 Å². The normalized spacial score (nSPS) is 10.1. The molecule has 0 saturated carbocycles. The summed E-state index contributed by atoms with van der Waals surface area (Å²) in [6.07, 6.45) is 0. The first-order valence-corrected chi connectivity index (χ1v) is 7.58. The van der Waals surface area contributed by atoms with Crippen molar-refractivity contribution in [2.45, 2.75) is 0 Å². The Hall–Kier alpha value is -3.11. The summed E-state index contributed by atoms with van der Waals surface area (Å²) < 4.78 is 5.10. The minimum absolute atomic E-state index is 0.00716. The second-order valence-electron chi connectivity index (χ2n) is 4.58. The first-order valence-electron chi connectivity index (χ1n) is 6.70. The van der Waals surface area contributed by atoms with Gasteiger partial charge in [-0.25, -0.2) is 4.98 Å². The predicted molar refractivity (Wildman–Crippen MR) is 89.2 cm³/mol. The van der Waals surface area contributed by atoms with Gasteiger partial charge in [-0.1, -0.05) is 6.07 Å². The van der Waals surface area contributed by atoms with E-state index >= 15 is 0 Å². The number of ether oxygens (including phenoxy) is 1. The Bertz CT molecular complexity index is 909. The third-order valence-electron chi connectivity index (χ3n) is 3.14. The number of aromatic amines is 1. The fourth-order valence-corrected chi connectivity index (χ4v) is 2.76. The summed E-state index contributed by atoms with van der Waals surface area (Å²) in [5.74, 6) is 1.01. The smallest absolute Gasteiger partial charge is 0.270 e. The summed E-state index contributed by atoms with van der Waals surface area (Å²) in [6.45, 7) is 0. The van der Waals surface area contributed by atoms with Crippen LogP contribution in [0.15, 0.2) is 46.6 Å². The van der Waals surface area contributed by atoms with Crippen LogP contribution in [0, 0.1) is 11.3 Å². The maximum atomic E-state index is 12.1. The molecule has 0 saturated heterocycles. The van der Waals surface area contributed by atoms with Gasteiger partial charge in [0, 0.05) is 5.69 Å². The Morgan fingerprint density at radius 2 is 2.09 bits per heavy atom. The molecule has 0 spiro atoms. The number of aromatic nitrogens is 2. The highest BCUT2D eigenvalue weighted by Crippen LogP contribution is 2.25. The number of hydrogen-bond acceptors (Lipinski definition) is 6.